The summed E-state index contributed by atoms with van der Waals surface area (Å²) in [5, 5.41) is 13.3. The third kappa shape index (κ3) is 7.59. The number of rotatable bonds is 8. The molecule has 1 saturated heterocycles. The normalized spacial score (nSPS) is 25.9. The monoisotopic (exact) mass is 812 g/mol. The zero-order valence-corrected chi connectivity index (χ0v) is 33.0. The van der Waals surface area contributed by atoms with Crippen LogP contribution in [0.15, 0.2) is 83.1 Å². The molecule has 3 N–H and O–H groups in total. The fourth-order valence-corrected chi connectivity index (χ4v) is 10.1. The van der Waals surface area contributed by atoms with Gasteiger partial charge in [0.1, 0.15) is 17.6 Å². The van der Waals surface area contributed by atoms with Gasteiger partial charge < -0.3 is 20.3 Å². The Morgan fingerprint density at radius 3 is 2.56 bits per heavy atom. The molecule has 0 radical (unpaired) electrons. The van der Waals surface area contributed by atoms with Crippen LogP contribution >= 0.6 is 11.3 Å². The van der Waals surface area contributed by atoms with Crippen LogP contribution in [0.1, 0.15) is 73.5 Å². The number of fused-ring (bicyclic) bond motifs is 3. The van der Waals surface area contributed by atoms with Gasteiger partial charge in [-0.05, 0) is 66.3 Å². The molecule has 14 nitrogen and oxygen atoms in total. The fraction of sp³-hybridized carbons (Fsp3) is 0.415. The van der Waals surface area contributed by atoms with Gasteiger partial charge in [-0.3, -0.25) is 28.7 Å². The molecule has 0 spiro atoms. The summed E-state index contributed by atoms with van der Waals surface area (Å²) in [6.45, 7) is -0.107. The molecule has 2 aliphatic carbocycles. The molecule has 298 valence electrons. The molecule has 2 aromatic carbocycles. The van der Waals surface area contributed by atoms with E-state index < -0.39 is 74.0 Å². The van der Waals surface area contributed by atoms with E-state index in [1.807, 2.05) is 54.6 Å². The van der Waals surface area contributed by atoms with Gasteiger partial charge in [0.15, 0.2) is 5.75 Å². The summed E-state index contributed by atoms with van der Waals surface area (Å²) in [7, 11) is -2.52. The molecular weight excluding hydrogens is 769 g/mol. The molecule has 57 heavy (non-hydrogen) atoms. The Balaban J connectivity index is 1.15. The van der Waals surface area contributed by atoms with E-state index in [-0.39, 0.29) is 25.1 Å². The number of hydrogen-bond acceptors (Lipinski definition) is 10. The zero-order valence-electron chi connectivity index (χ0n) is 31.4. The van der Waals surface area contributed by atoms with Crippen LogP contribution in [0.2, 0.25) is 0 Å². The Kier molecular flexibility index (Phi) is 10.5. The summed E-state index contributed by atoms with van der Waals surface area (Å²) in [5.74, 6) is -2.84. The minimum absolute atomic E-state index is 0.0442. The Hall–Kier alpha value is -5.35. The van der Waals surface area contributed by atoms with E-state index in [4.69, 9.17) is 4.74 Å². The molecule has 16 heteroatoms. The molecule has 2 unspecified atom stereocenters. The highest BCUT2D eigenvalue weighted by Crippen LogP contribution is 2.46. The van der Waals surface area contributed by atoms with Gasteiger partial charge in [-0.15, -0.1) is 11.3 Å². The van der Waals surface area contributed by atoms with Crippen LogP contribution < -0.4 is 25.7 Å². The molecule has 4 heterocycles. The minimum atomic E-state index is -3.92. The number of nitrogens with zero attached hydrogens (tertiary/aromatic N) is 3. The number of carbonyl (C=O) groups is 4. The number of aromatic nitrogens is 2. The summed E-state index contributed by atoms with van der Waals surface area (Å²) in [6, 6.07) is 13.9. The third-order valence-electron chi connectivity index (χ3n) is 11.5. The van der Waals surface area contributed by atoms with Gasteiger partial charge in [0.25, 0.3) is 11.8 Å². The van der Waals surface area contributed by atoms with Gasteiger partial charge in [0.05, 0.1) is 35.0 Å². The molecule has 5 atom stereocenters. The third-order valence-corrected chi connectivity index (χ3v) is 14.2. The van der Waals surface area contributed by atoms with Crippen molar-refractivity contribution in [2.24, 2.45) is 5.92 Å². The number of hydrogen-bond donors (Lipinski definition) is 3. The van der Waals surface area contributed by atoms with Crippen LogP contribution in [0.4, 0.5) is 0 Å². The second kappa shape index (κ2) is 15.5. The molecule has 2 aliphatic heterocycles. The summed E-state index contributed by atoms with van der Waals surface area (Å²) in [5.41, 5.74) is -0.872. The fourth-order valence-electron chi connectivity index (χ4n) is 8.15. The molecule has 4 aromatic rings. The Labute approximate surface area is 333 Å². The van der Waals surface area contributed by atoms with Crippen LogP contribution in [0, 0.1) is 5.92 Å². The molecule has 2 saturated carbocycles. The largest absolute Gasteiger partial charge is 0.491 e. The van der Waals surface area contributed by atoms with E-state index in [2.05, 4.69) is 20.5 Å². The number of benzene rings is 2. The second-order valence-electron chi connectivity index (χ2n) is 15.3. The smallest absolute Gasteiger partial charge is 0.310 e. The number of thiophene rings is 1. The highest BCUT2D eigenvalue weighted by atomic mass is 32.2. The molecule has 4 amide bonds. The van der Waals surface area contributed by atoms with Gasteiger partial charge in [0, 0.05) is 18.9 Å². The first-order valence-electron chi connectivity index (χ1n) is 19.3. The van der Waals surface area contributed by atoms with E-state index in [1.54, 1.807) is 23.7 Å². The van der Waals surface area contributed by atoms with Crippen molar-refractivity contribution >= 4 is 55.8 Å². The topological polar surface area (TPSA) is 186 Å². The Morgan fingerprint density at radius 2 is 1.79 bits per heavy atom. The molecular formula is C41H44N6O8S2. The number of amides is 4. The average Bonchev–Trinajstić information content (AvgIpc) is 4.06. The number of nitrogens with one attached hydrogen (secondary N) is 3. The van der Waals surface area contributed by atoms with Crippen LogP contribution in [0.25, 0.3) is 21.9 Å². The van der Waals surface area contributed by atoms with Gasteiger partial charge in [-0.2, -0.15) is 5.10 Å². The van der Waals surface area contributed by atoms with Crippen LogP contribution in [-0.2, 0) is 24.4 Å². The lowest BCUT2D eigenvalue weighted by molar-refractivity contribution is -0.141. The Morgan fingerprint density at radius 1 is 0.982 bits per heavy atom. The van der Waals surface area contributed by atoms with Crippen LogP contribution in [-0.4, -0.2) is 83.3 Å². The Bertz CT molecular complexity index is 2420. The quantitative estimate of drug-likeness (QED) is 0.221. The van der Waals surface area contributed by atoms with Crippen molar-refractivity contribution in [3.63, 3.8) is 0 Å². The maximum Gasteiger partial charge on any atom is 0.310 e. The van der Waals surface area contributed by atoms with Gasteiger partial charge in [-0.1, -0.05) is 73.5 Å². The van der Waals surface area contributed by atoms with E-state index in [9.17, 15) is 32.4 Å². The summed E-state index contributed by atoms with van der Waals surface area (Å²) >= 11 is 1.24. The molecule has 8 rings (SSSR count). The van der Waals surface area contributed by atoms with Crippen molar-refractivity contribution in [1.82, 2.24) is 30.0 Å². The van der Waals surface area contributed by atoms with E-state index in [0.29, 0.717) is 42.5 Å². The summed E-state index contributed by atoms with van der Waals surface area (Å²) in [4.78, 5) is 72.4. The number of methoxy groups -OCH3 is 1. The molecule has 2 aromatic heterocycles. The van der Waals surface area contributed by atoms with Crippen LogP contribution in [0.5, 0.6) is 5.75 Å². The molecule has 3 fully saturated rings. The first-order valence-corrected chi connectivity index (χ1v) is 21.8. The standard InChI is InChI=1S/C41H44N6O8S2/c1-55-35-31(30-15-9-12-25-11-7-8-14-29(25)30)23-42-47(39(35)51)27-21-33-36(48)44-41(40(52)45-57(53,54)28-18-19-28)22-26(41)13-5-3-2-4-6-16-32(38(50)46(33)24-27)43-37(49)34-17-10-20-56-34/h5,7-15,17,20,23,26-28,32-33H,2-4,6,16,18-19,21-22,24H2,1H3,(H,43,49)(H,44,48)(H,45,52)/b13-5-/t26-,27?,32+,33+,41?/m1/s1. The van der Waals surface area contributed by atoms with Crippen molar-refractivity contribution in [2.75, 3.05) is 13.7 Å². The number of carbonyl (C=O) groups excluding carboxylic acids is 4. The SMILES string of the molecule is COc1c(-c2cccc3ccccc23)cnn(C2C[C@H]3C(=O)NC4(C(=O)NS(=O)(=O)C5CC5)C[C@H]4/C=C\CCCCC[C@H](NC(=O)c4cccs4)C(=O)N3C2)c1=O. The highest BCUT2D eigenvalue weighted by Gasteiger charge is 2.62. The van der Waals surface area contributed by atoms with Crippen LogP contribution in [0.3, 0.4) is 0 Å². The first-order chi connectivity index (χ1) is 27.5. The molecule has 4 aliphatic rings. The average molecular weight is 813 g/mol. The number of ether oxygens (including phenoxy) is 1. The maximum absolute atomic E-state index is 14.7. The molecule has 0 bridgehead atoms. The maximum atomic E-state index is 14.7. The predicted octanol–water partition coefficient (Wildman–Crippen LogP) is 4.08. The van der Waals surface area contributed by atoms with E-state index in [0.717, 1.165) is 29.2 Å². The minimum Gasteiger partial charge on any atom is -0.491 e. The number of allylic oxidation sites excluding steroid dienone is 1. The van der Waals surface area contributed by atoms with Crippen molar-refractivity contribution in [3.8, 4) is 16.9 Å². The second-order valence-corrected chi connectivity index (χ2v) is 18.2. The van der Waals surface area contributed by atoms with Gasteiger partial charge in [0.2, 0.25) is 21.8 Å². The van der Waals surface area contributed by atoms with Crippen molar-refractivity contribution in [1.29, 1.82) is 0 Å². The van der Waals surface area contributed by atoms with Crippen molar-refractivity contribution in [2.45, 2.75) is 86.7 Å². The summed E-state index contributed by atoms with van der Waals surface area (Å²) in [6.07, 6.45) is 9.52. The van der Waals surface area contributed by atoms with E-state index in [1.165, 1.54) is 28.0 Å². The van der Waals surface area contributed by atoms with Gasteiger partial charge in [-0.25, -0.2) is 13.1 Å². The van der Waals surface area contributed by atoms with Gasteiger partial charge >= 0.3 is 5.56 Å². The first kappa shape index (κ1) is 38.5. The zero-order chi connectivity index (χ0) is 39.9. The lowest BCUT2D eigenvalue weighted by Gasteiger charge is -2.30. The lowest BCUT2D eigenvalue weighted by Crippen LogP contribution is -2.58. The van der Waals surface area contributed by atoms with E-state index >= 15 is 0 Å². The predicted molar refractivity (Wildman–Crippen MR) is 214 cm³/mol. The number of sulfonamides is 1. The highest BCUT2D eigenvalue weighted by molar-refractivity contribution is 7.91. The van der Waals surface area contributed by atoms with Crippen molar-refractivity contribution in [3.05, 3.63) is 93.6 Å². The van der Waals surface area contributed by atoms with Crippen molar-refractivity contribution < 1.29 is 32.3 Å². The lowest BCUT2D eigenvalue weighted by atomic mass is 9.99. The summed E-state index contributed by atoms with van der Waals surface area (Å²) < 4.78 is 34.9.